The Morgan fingerprint density at radius 1 is 1.05 bits per heavy atom. The highest BCUT2D eigenvalue weighted by Gasteiger charge is 2.46. The summed E-state index contributed by atoms with van der Waals surface area (Å²) in [6.07, 6.45) is 0. The summed E-state index contributed by atoms with van der Waals surface area (Å²) >= 11 is 0. The first-order valence-corrected chi connectivity index (χ1v) is 8.29. The molecular weight excluding hydrogens is 321 g/mol. The second kappa shape index (κ2) is 5.58. The van der Waals surface area contributed by atoms with Gasteiger partial charge in [0.2, 0.25) is 10.0 Å². The number of anilines is 1. The lowest BCUT2D eigenvalue weighted by Crippen LogP contribution is -2.23. The molecular formula is C9H11F3N2O4S2. The van der Waals surface area contributed by atoms with Crippen LogP contribution < -0.4 is 10.5 Å². The van der Waals surface area contributed by atoms with Crippen molar-refractivity contribution < 1.29 is 30.0 Å². The van der Waals surface area contributed by atoms with E-state index in [2.05, 4.69) is 5.32 Å². The number of nitrogens with one attached hydrogen (secondary N) is 1. The molecule has 0 atom stereocenters. The Kier molecular flexibility index (Phi) is 4.66. The van der Waals surface area contributed by atoms with Crippen molar-refractivity contribution in [1.82, 2.24) is 0 Å². The van der Waals surface area contributed by atoms with Gasteiger partial charge in [0.1, 0.15) is 0 Å². The summed E-state index contributed by atoms with van der Waals surface area (Å²) < 4.78 is 80.2. The number of sulfonamides is 1. The van der Waals surface area contributed by atoms with Gasteiger partial charge in [0, 0.05) is 12.2 Å². The van der Waals surface area contributed by atoms with Gasteiger partial charge in [-0.1, -0.05) is 0 Å². The third-order valence-corrected chi connectivity index (χ3v) is 4.46. The fourth-order valence-electron chi connectivity index (χ4n) is 1.22. The maximum Gasteiger partial charge on any atom is 0.501 e. The zero-order valence-electron chi connectivity index (χ0n) is 9.88. The summed E-state index contributed by atoms with van der Waals surface area (Å²) in [5.74, 6) is -0.365. The number of nitrogens with two attached hydrogens (primary N) is 1. The van der Waals surface area contributed by atoms with E-state index in [1.54, 1.807) is 0 Å². The minimum atomic E-state index is -5.38. The SMILES string of the molecule is NS(=O)(=O)CCNc1ccc(S(=O)(=O)C(F)(F)F)cc1. The van der Waals surface area contributed by atoms with Gasteiger partial charge in [-0.05, 0) is 24.3 Å². The van der Waals surface area contributed by atoms with Gasteiger partial charge in [-0.2, -0.15) is 13.2 Å². The molecule has 114 valence electrons. The monoisotopic (exact) mass is 332 g/mol. The first kappa shape index (κ1) is 16.7. The van der Waals surface area contributed by atoms with E-state index in [1.807, 2.05) is 0 Å². The highest BCUT2D eigenvalue weighted by molar-refractivity contribution is 7.92. The van der Waals surface area contributed by atoms with Gasteiger partial charge < -0.3 is 5.32 Å². The maximum absolute atomic E-state index is 12.3. The number of hydrogen-bond donors (Lipinski definition) is 2. The number of primary sulfonamides is 1. The van der Waals surface area contributed by atoms with Gasteiger partial charge in [0.05, 0.1) is 10.6 Å². The van der Waals surface area contributed by atoms with Crippen LogP contribution in [-0.4, -0.2) is 34.6 Å². The van der Waals surface area contributed by atoms with Crippen LogP contribution >= 0.6 is 0 Å². The van der Waals surface area contributed by atoms with E-state index >= 15 is 0 Å². The van der Waals surface area contributed by atoms with Crippen molar-refractivity contribution in [3.05, 3.63) is 24.3 Å². The van der Waals surface area contributed by atoms with Gasteiger partial charge >= 0.3 is 5.51 Å². The molecule has 3 N–H and O–H groups in total. The molecule has 0 aliphatic carbocycles. The molecule has 0 amide bonds. The molecule has 0 saturated carbocycles. The minimum absolute atomic E-state index is 0.0514. The third kappa shape index (κ3) is 4.35. The fourth-order valence-corrected chi connectivity index (χ4v) is 2.37. The van der Waals surface area contributed by atoms with E-state index < -0.39 is 30.3 Å². The summed E-state index contributed by atoms with van der Waals surface area (Å²) in [5.41, 5.74) is -5.09. The Balaban J connectivity index is 2.80. The minimum Gasteiger partial charge on any atom is -0.384 e. The molecule has 20 heavy (non-hydrogen) atoms. The van der Waals surface area contributed by atoms with Gasteiger partial charge in [-0.15, -0.1) is 0 Å². The first-order valence-electron chi connectivity index (χ1n) is 5.09. The summed E-state index contributed by atoms with van der Waals surface area (Å²) in [4.78, 5) is -0.887. The average Bonchev–Trinajstić information content (AvgIpc) is 2.26. The number of sulfone groups is 1. The summed E-state index contributed by atoms with van der Waals surface area (Å²) in [6, 6.07) is 3.76. The maximum atomic E-state index is 12.3. The van der Waals surface area contributed by atoms with Gasteiger partial charge in [-0.3, -0.25) is 0 Å². The topological polar surface area (TPSA) is 106 Å². The lowest BCUT2D eigenvalue weighted by molar-refractivity contribution is -0.0436. The zero-order valence-corrected chi connectivity index (χ0v) is 11.5. The number of halogens is 3. The van der Waals surface area contributed by atoms with Gasteiger partial charge in [-0.25, -0.2) is 22.0 Å². The number of benzene rings is 1. The molecule has 0 aromatic heterocycles. The van der Waals surface area contributed by atoms with Crippen LogP contribution in [0.4, 0.5) is 18.9 Å². The van der Waals surface area contributed by atoms with Crippen molar-refractivity contribution in [1.29, 1.82) is 0 Å². The normalized spacial score (nSPS) is 13.2. The number of hydrogen-bond acceptors (Lipinski definition) is 5. The molecule has 0 unspecified atom stereocenters. The largest absolute Gasteiger partial charge is 0.501 e. The quantitative estimate of drug-likeness (QED) is 0.825. The van der Waals surface area contributed by atoms with Crippen LogP contribution in [0.1, 0.15) is 0 Å². The van der Waals surface area contributed by atoms with Crippen LogP contribution in [0.2, 0.25) is 0 Å². The molecule has 1 aromatic carbocycles. The molecule has 0 bridgehead atoms. The van der Waals surface area contributed by atoms with Crippen molar-refractivity contribution in [3.63, 3.8) is 0 Å². The second-order valence-corrected chi connectivity index (χ2v) is 7.44. The Labute approximate surface area is 113 Å². The Morgan fingerprint density at radius 3 is 1.95 bits per heavy atom. The lowest BCUT2D eigenvalue weighted by atomic mass is 10.3. The van der Waals surface area contributed by atoms with Crippen molar-refractivity contribution in [2.24, 2.45) is 5.14 Å². The van der Waals surface area contributed by atoms with E-state index in [-0.39, 0.29) is 18.0 Å². The van der Waals surface area contributed by atoms with Crippen LogP contribution in [0.15, 0.2) is 29.2 Å². The molecule has 11 heteroatoms. The van der Waals surface area contributed by atoms with E-state index in [9.17, 15) is 30.0 Å². The summed E-state index contributed by atoms with van der Waals surface area (Å²) in [5, 5.41) is 7.34. The van der Waals surface area contributed by atoms with Crippen LogP contribution in [0.25, 0.3) is 0 Å². The summed E-state index contributed by atoms with van der Waals surface area (Å²) in [6.45, 7) is -0.0514. The van der Waals surface area contributed by atoms with E-state index in [1.165, 1.54) is 0 Å². The number of rotatable bonds is 5. The Morgan fingerprint density at radius 2 is 1.55 bits per heavy atom. The predicted octanol–water partition coefficient (Wildman–Crippen LogP) is 0.681. The lowest BCUT2D eigenvalue weighted by Gasteiger charge is -2.09. The fraction of sp³-hybridized carbons (Fsp3) is 0.333. The van der Waals surface area contributed by atoms with Crippen LogP contribution in [0.3, 0.4) is 0 Å². The number of alkyl halides is 3. The van der Waals surface area contributed by atoms with Crippen LogP contribution in [0, 0.1) is 0 Å². The Hall–Kier alpha value is -1.33. The highest BCUT2D eigenvalue weighted by atomic mass is 32.2. The molecule has 0 heterocycles. The second-order valence-electron chi connectivity index (χ2n) is 3.77. The molecule has 6 nitrogen and oxygen atoms in total. The first-order chi connectivity index (χ1) is 8.93. The van der Waals surface area contributed by atoms with E-state index in [0.717, 1.165) is 24.3 Å². The molecule has 0 saturated heterocycles. The molecule has 0 aliphatic heterocycles. The molecule has 0 fully saturated rings. The van der Waals surface area contributed by atoms with E-state index in [0.29, 0.717) is 0 Å². The average molecular weight is 332 g/mol. The van der Waals surface area contributed by atoms with E-state index in [4.69, 9.17) is 5.14 Å². The van der Waals surface area contributed by atoms with Crippen LogP contribution in [-0.2, 0) is 19.9 Å². The van der Waals surface area contributed by atoms with Crippen molar-refractivity contribution in [2.45, 2.75) is 10.4 Å². The molecule has 0 aliphatic rings. The van der Waals surface area contributed by atoms with Gasteiger partial charge in [0.15, 0.2) is 0 Å². The highest BCUT2D eigenvalue weighted by Crippen LogP contribution is 2.30. The smallest absolute Gasteiger partial charge is 0.384 e. The standard InChI is InChI=1S/C9H11F3N2O4S2/c10-9(11,12)20(17,18)8-3-1-7(2-4-8)14-5-6-19(13,15)16/h1-4,14H,5-6H2,(H2,13,15,16). The summed E-state index contributed by atoms with van der Waals surface area (Å²) in [7, 11) is -9.03. The molecule has 1 rings (SSSR count). The van der Waals surface area contributed by atoms with Crippen molar-refractivity contribution in [2.75, 3.05) is 17.6 Å². The molecule has 1 aromatic rings. The van der Waals surface area contributed by atoms with Crippen molar-refractivity contribution in [3.8, 4) is 0 Å². The van der Waals surface area contributed by atoms with Crippen LogP contribution in [0.5, 0.6) is 0 Å². The Bertz CT molecular complexity index is 666. The molecule has 0 spiro atoms. The third-order valence-electron chi connectivity index (χ3n) is 2.19. The zero-order chi connectivity index (χ0) is 15.6. The predicted molar refractivity (Wildman–Crippen MR) is 66.1 cm³/mol. The van der Waals surface area contributed by atoms with Crippen molar-refractivity contribution >= 4 is 25.5 Å². The van der Waals surface area contributed by atoms with Gasteiger partial charge in [0.25, 0.3) is 9.84 Å². The molecule has 0 radical (unpaired) electrons.